The number of carbonyl (C=O) groups is 1. The zero-order valence-corrected chi connectivity index (χ0v) is 27.3. The lowest BCUT2D eigenvalue weighted by atomic mass is 9.77. The molecule has 2 aromatic rings. The molecular weight excluding hydrogens is 556 g/mol. The average Bonchev–Trinajstić information content (AvgIpc) is 3.04. The van der Waals surface area contributed by atoms with Crippen LogP contribution in [0.5, 0.6) is 11.5 Å². The number of methoxy groups -OCH3 is 2. The normalized spacial score (nSPS) is 22.8. The van der Waals surface area contributed by atoms with E-state index in [2.05, 4.69) is 71.2 Å². The smallest absolute Gasteiger partial charge is 0.228 e. The van der Waals surface area contributed by atoms with Crippen molar-refractivity contribution in [2.45, 2.75) is 57.8 Å². The van der Waals surface area contributed by atoms with Crippen molar-refractivity contribution in [1.29, 1.82) is 0 Å². The maximum absolute atomic E-state index is 13.6. The summed E-state index contributed by atoms with van der Waals surface area (Å²) in [5.41, 5.74) is 3.08. The third-order valence-corrected chi connectivity index (χ3v) is 9.49. The van der Waals surface area contributed by atoms with E-state index in [-0.39, 0.29) is 24.0 Å². The predicted octanol–water partition coefficient (Wildman–Crippen LogP) is 4.15. The van der Waals surface area contributed by atoms with Crippen LogP contribution in [0, 0.1) is 5.41 Å². The summed E-state index contributed by atoms with van der Waals surface area (Å²) in [6, 6.07) is 15.0. The van der Waals surface area contributed by atoms with Gasteiger partial charge in [0.15, 0.2) is 0 Å². The number of likely N-dealkylation sites (N-methyl/N-ethyl adjacent to an activating group) is 1. The van der Waals surface area contributed by atoms with Crippen LogP contribution in [0.25, 0.3) is 0 Å². The summed E-state index contributed by atoms with van der Waals surface area (Å²) in [6.45, 7) is 12.2. The molecule has 0 unspecified atom stereocenters. The summed E-state index contributed by atoms with van der Waals surface area (Å²) in [7, 11) is 5.57. The maximum Gasteiger partial charge on any atom is 0.228 e. The highest BCUT2D eigenvalue weighted by molar-refractivity contribution is 5.82. The number of ether oxygens (including phenoxy) is 4. The monoisotopic (exact) mass is 608 g/mol. The largest absolute Gasteiger partial charge is 0.497 e. The molecular formula is C35H52N4O5. The number of piperazine rings is 1. The molecule has 3 atom stereocenters. The summed E-state index contributed by atoms with van der Waals surface area (Å²) >= 11 is 0. The first-order valence-corrected chi connectivity index (χ1v) is 16.2. The molecule has 0 aromatic heterocycles. The topological polar surface area (TPSA) is 75.7 Å². The third kappa shape index (κ3) is 8.05. The summed E-state index contributed by atoms with van der Waals surface area (Å²) in [5, 5.41) is 3.77. The lowest BCUT2D eigenvalue weighted by Gasteiger charge is -2.42. The van der Waals surface area contributed by atoms with Gasteiger partial charge in [-0.1, -0.05) is 32.0 Å². The number of rotatable bonds is 12. The molecule has 3 aliphatic heterocycles. The minimum Gasteiger partial charge on any atom is -0.497 e. The number of nitrogens with one attached hydrogen (secondary N) is 1. The number of carbonyl (C=O) groups excluding carboxylic acids is 1. The van der Waals surface area contributed by atoms with Gasteiger partial charge in [0, 0.05) is 70.4 Å². The molecule has 3 aliphatic rings. The quantitative estimate of drug-likeness (QED) is 0.361. The second-order valence-corrected chi connectivity index (χ2v) is 13.2. The second kappa shape index (κ2) is 15.0. The van der Waals surface area contributed by atoms with Crippen LogP contribution in [0.4, 0.5) is 5.69 Å². The molecule has 2 aromatic carbocycles. The first-order chi connectivity index (χ1) is 21.3. The van der Waals surface area contributed by atoms with Crippen LogP contribution in [0.15, 0.2) is 42.5 Å². The second-order valence-electron chi connectivity index (χ2n) is 13.2. The van der Waals surface area contributed by atoms with Gasteiger partial charge in [0.05, 0.1) is 32.1 Å². The highest BCUT2D eigenvalue weighted by Gasteiger charge is 2.39. The molecule has 9 nitrogen and oxygen atoms in total. The third-order valence-electron chi connectivity index (χ3n) is 9.49. The van der Waals surface area contributed by atoms with E-state index >= 15 is 0 Å². The lowest BCUT2D eigenvalue weighted by Crippen LogP contribution is -2.53. The Bertz CT molecular complexity index is 1210. The highest BCUT2D eigenvalue weighted by atomic mass is 16.5. The van der Waals surface area contributed by atoms with E-state index in [1.165, 1.54) is 5.56 Å². The van der Waals surface area contributed by atoms with E-state index < -0.39 is 5.41 Å². The van der Waals surface area contributed by atoms with Crippen molar-refractivity contribution in [1.82, 2.24) is 15.1 Å². The van der Waals surface area contributed by atoms with Crippen molar-refractivity contribution < 1.29 is 23.7 Å². The number of anilines is 1. The number of piperidine rings is 1. The minimum absolute atomic E-state index is 0.00109. The van der Waals surface area contributed by atoms with Gasteiger partial charge in [0.25, 0.3) is 0 Å². The van der Waals surface area contributed by atoms with Crippen molar-refractivity contribution in [3.63, 3.8) is 0 Å². The molecule has 5 rings (SSSR count). The van der Waals surface area contributed by atoms with Gasteiger partial charge in [-0.15, -0.1) is 0 Å². The van der Waals surface area contributed by atoms with Crippen molar-refractivity contribution >= 4 is 11.6 Å². The van der Waals surface area contributed by atoms with Gasteiger partial charge in [0.1, 0.15) is 18.1 Å². The first-order valence-electron chi connectivity index (χ1n) is 16.2. The molecule has 9 heteroatoms. The molecule has 0 saturated carbocycles. The Kier molecular flexibility index (Phi) is 11.1. The number of benzene rings is 2. The van der Waals surface area contributed by atoms with Crippen LogP contribution < -0.4 is 19.7 Å². The van der Waals surface area contributed by atoms with Gasteiger partial charge in [-0.2, -0.15) is 0 Å². The van der Waals surface area contributed by atoms with E-state index in [0.29, 0.717) is 13.2 Å². The fourth-order valence-electron chi connectivity index (χ4n) is 6.88. The molecule has 2 fully saturated rings. The Balaban J connectivity index is 1.26. The van der Waals surface area contributed by atoms with Gasteiger partial charge in [-0.3, -0.25) is 4.79 Å². The number of fused-ring (bicyclic) bond motifs is 1. The number of hydrogen-bond donors (Lipinski definition) is 1. The van der Waals surface area contributed by atoms with Gasteiger partial charge < -0.3 is 39.0 Å². The van der Waals surface area contributed by atoms with Crippen molar-refractivity contribution in [3.05, 3.63) is 53.6 Å². The lowest BCUT2D eigenvalue weighted by molar-refractivity contribution is -0.143. The van der Waals surface area contributed by atoms with E-state index in [0.717, 1.165) is 94.4 Å². The predicted molar refractivity (Wildman–Crippen MR) is 174 cm³/mol. The van der Waals surface area contributed by atoms with Crippen LogP contribution in [0.1, 0.15) is 50.2 Å². The Labute approximate surface area is 263 Å². The summed E-state index contributed by atoms with van der Waals surface area (Å²) in [6.07, 6.45) is 2.68. The summed E-state index contributed by atoms with van der Waals surface area (Å²) in [4.78, 5) is 20.3. The Morgan fingerprint density at radius 3 is 2.55 bits per heavy atom. The number of amides is 1. The zero-order chi connectivity index (χ0) is 31.1. The van der Waals surface area contributed by atoms with Crippen LogP contribution in [-0.2, 0) is 20.9 Å². The molecule has 0 radical (unpaired) electrons. The molecule has 242 valence electrons. The first kappa shape index (κ1) is 32.5. The fraction of sp³-hybridized carbons (Fsp3) is 0.629. The number of nitrogens with zero attached hydrogens (tertiary/aromatic N) is 3. The Morgan fingerprint density at radius 2 is 1.82 bits per heavy atom. The average molecular weight is 609 g/mol. The summed E-state index contributed by atoms with van der Waals surface area (Å²) in [5.74, 6) is 2.25. The van der Waals surface area contributed by atoms with Gasteiger partial charge in [0.2, 0.25) is 5.91 Å². The van der Waals surface area contributed by atoms with Gasteiger partial charge in [-0.25, -0.2) is 0 Å². The maximum atomic E-state index is 13.6. The molecule has 0 spiro atoms. The van der Waals surface area contributed by atoms with Crippen LogP contribution in [0.2, 0.25) is 0 Å². The molecule has 0 aliphatic carbocycles. The van der Waals surface area contributed by atoms with E-state index in [1.807, 2.05) is 12.1 Å². The molecule has 2 saturated heterocycles. The molecule has 1 N–H and O–H groups in total. The highest BCUT2D eigenvalue weighted by Crippen LogP contribution is 2.37. The van der Waals surface area contributed by atoms with Crippen LogP contribution in [0.3, 0.4) is 0 Å². The SMILES string of the molecule is COCCCN1CCOc2ccc(CO[C@H]3CN[C@H](CC(C)(C)C(=O)N4CCN(C)CC4)C[C@@H]3c3ccc(OC)cc3)cc21. The molecule has 0 bridgehead atoms. The Hall–Kier alpha value is -2.85. The minimum atomic E-state index is -0.438. The summed E-state index contributed by atoms with van der Waals surface area (Å²) < 4.78 is 23.4. The molecule has 3 heterocycles. The molecule has 44 heavy (non-hydrogen) atoms. The fourth-order valence-corrected chi connectivity index (χ4v) is 6.88. The van der Waals surface area contributed by atoms with Crippen molar-refractivity contribution in [3.8, 4) is 11.5 Å². The molecule has 1 amide bonds. The van der Waals surface area contributed by atoms with E-state index in [9.17, 15) is 4.79 Å². The number of hydrogen-bond acceptors (Lipinski definition) is 8. The van der Waals surface area contributed by atoms with Gasteiger partial charge in [-0.05, 0) is 61.7 Å². The van der Waals surface area contributed by atoms with E-state index in [1.54, 1.807) is 14.2 Å². The standard InChI is InChI=1S/C35H52N4O5/c1-35(2,34(40)39-16-14-37(3)15-17-39)23-28-22-30(27-8-10-29(42-5)11-9-27)33(24-36-28)44-25-26-7-12-32-31(21-26)38(18-20-43-32)13-6-19-41-4/h7-12,21,28,30,33,36H,6,13-20,22-25H2,1-5H3/t28-,30+,33-/m0/s1. The van der Waals surface area contributed by atoms with Crippen LogP contribution in [-0.4, -0.2) is 108 Å². The van der Waals surface area contributed by atoms with Crippen molar-refractivity contribution in [2.24, 2.45) is 5.41 Å². The van der Waals surface area contributed by atoms with Gasteiger partial charge >= 0.3 is 0 Å². The van der Waals surface area contributed by atoms with Crippen LogP contribution >= 0.6 is 0 Å². The Morgan fingerprint density at radius 1 is 1.05 bits per heavy atom. The van der Waals surface area contributed by atoms with E-state index in [4.69, 9.17) is 18.9 Å². The zero-order valence-electron chi connectivity index (χ0n) is 27.3. The van der Waals surface area contributed by atoms with Crippen molar-refractivity contribution in [2.75, 3.05) is 85.2 Å².